The van der Waals surface area contributed by atoms with E-state index < -0.39 is 6.10 Å². The quantitative estimate of drug-likeness (QED) is 0.251. The first-order valence-corrected chi connectivity index (χ1v) is 13.0. The number of halogens is 1. The van der Waals surface area contributed by atoms with Gasteiger partial charge >= 0.3 is 0 Å². The molecule has 0 amide bonds. The zero-order chi connectivity index (χ0) is 24.6. The number of aryl methyl sites for hydroxylation is 1. The Morgan fingerprint density at radius 3 is 2.83 bits per heavy atom. The molecular formula is C23H28BrN5O5S. The van der Waals surface area contributed by atoms with Crippen molar-refractivity contribution in [3.63, 3.8) is 0 Å². The van der Waals surface area contributed by atoms with Crippen molar-refractivity contribution in [3.05, 3.63) is 45.9 Å². The number of nitrogens with zero attached hydrogens (tertiary/aromatic N) is 4. The fraction of sp³-hybridized carbons (Fsp3) is 0.435. The number of tetrazole rings is 1. The highest BCUT2D eigenvalue weighted by Gasteiger charge is 2.18. The minimum atomic E-state index is -0.834. The predicted molar refractivity (Wildman–Crippen MR) is 134 cm³/mol. The molecule has 1 aliphatic rings. The van der Waals surface area contributed by atoms with E-state index in [4.69, 9.17) is 18.9 Å². The molecule has 1 aliphatic heterocycles. The van der Waals surface area contributed by atoms with Crippen LogP contribution in [-0.4, -0.2) is 64.5 Å². The summed E-state index contributed by atoms with van der Waals surface area (Å²) in [6, 6.07) is 9.32. The van der Waals surface area contributed by atoms with Crippen LogP contribution >= 0.6 is 27.7 Å². The van der Waals surface area contributed by atoms with E-state index in [1.54, 1.807) is 35.7 Å². The summed E-state index contributed by atoms with van der Waals surface area (Å²) in [6.07, 6.45) is 0.147. The number of thioether (sulfide) groups is 1. The molecule has 2 aromatic carbocycles. The lowest BCUT2D eigenvalue weighted by Gasteiger charge is -2.21. The van der Waals surface area contributed by atoms with E-state index in [1.807, 2.05) is 25.2 Å². The van der Waals surface area contributed by atoms with Gasteiger partial charge in [-0.1, -0.05) is 17.8 Å². The SMILES string of the molecule is COc1cc(CNCCCSc2nnnn2C)cc(Br)c1OCC(O)c1ccc2c(c1)OCCO2. The molecule has 1 aromatic heterocycles. The molecule has 1 unspecified atom stereocenters. The smallest absolute Gasteiger partial charge is 0.209 e. The van der Waals surface area contributed by atoms with Gasteiger partial charge in [-0.15, -0.1) is 5.10 Å². The first-order valence-electron chi connectivity index (χ1n) is 11.2. The number of methoxy groups -OCH3 is 1. The predicted octanol–water partition coefficient (Wildman–Crippen LogP) is 3.14. The standard InChI is InChI=1S/C23H28BrN5O5S/c1-29-23(26-27-28-29)35-9-3-6-25-13-15-10-17(24)22(21(11-15)31-2)34-14-18(30)16-4-5-19-20(12-16)33-8-7-32-19/h4-5,10-12,18,25,30H,3,6-9,13-14H2,1-2H3. The Labute approximate surface area is 216 Å². The number of aliphatic hydroxyl groups excluding tert-OH is 1. The topological polar surface area (TPSA) is 113 Å². The summed E-state index contributed by atoms with van der Waals surface area (Å²) >= 11 is 5.21. The average molecular weight is 566 g/mol. The van der Waals surface area contributed by atoms with Crippen molar-refractivity contribution < 1.29 is 24.1 Å². The number of benzene rings is 2. The Morgan fingerprint density at radius 2 is 2.06 bits per heavy atom. The van der Waals surface area contributed by atoms with Crippen molar-refractivity contribution in [2.24, 2.45) is 7.05 Å². The van der Waals surface area contributed by atoms with Crippen LogP contribution in [-0.2, 0) is 13.6 Å². The number of rotatable bonds is 12. The van der Waals surface area contributed by atoms with Crippen LogP contribution in [0.2, 0.25) is 0 Å². The molecule has 1 atom stereocenters. The van der Waals surface area contributed by atoms with Crippen molar-refractivity contribution in [1.29, 1.82) is 0 Å². The molecule has 2 N–H and O–H groups in total. The van der Waals surface area contributed by atoms with Gasteiger partial charge in [0.2, 0.25) is 5.16 Å². The van der Waals surface area contributed by atoms with Crippen molar-refractivity contribution in [2.45, 2.75) is 24.2 Å². The van der Waals surface area contributed by atoms with Gasteiger partial charge in [0, 0.05) is 19.3 Å². The summed E-state index contributed by atoms with van der Waals surface area (Å²) in [5.74, 6) is 3.38. The van der Waals surface area contributed by atoms with Crippen LogP contribution in [0.3, 0.4) is 0 Å². The van der Waals surface area contributed by atoms with E-state index in [0.717, 1.165) is 33.9 Å². The third kappa shape index (κ3) is 6.78. The molecule has 10 nitrogen and oxygen atoms in total. The van der Waals surface area contributed by atoms with Gasteiger partial charge in [0.05, 0.1) is 11.6 Å². The third-order valence-corrected chi connectivity index (χ3v) is 6.95. The van der Waals surface area contributed by atoms with Crippen LogP contribution in [0.1, 0.15) is 23.7 Å². The lowest BCUT2D eigenvalue weighted by atomic mass is 10.1. The van der Waals surface area contributed by atoms with E-state index in [2.05, 4.69) is 36.8 Å². The lowest BCUT2D eigenvalue weighted by Crippen LogP contribution is -2.17. The Hall–Kier alpha value is -2.54. The number of aliphatic hydroxyl groups is 1. The maximum Gasteiger partial charge on any atom is 0.209 e. The molecule has 0 saturated heterocycles. The summed E-state index contributed by atoms with van der Waals surface area (Å²) < 4.78 is 25.1. The highest BCUT2D eigenvalue weighted by Crippen LogP contribution is 2.38. The maximum atomic E-state index is 10.7. The molecule has 188 valence electrons. The lowest BCUT2D eigenvalue weighted by molar-refractivity contribution is 0.105. The van der Waals surface area contributed by atoms with Crippen LogP contribution in [0.15, 0.2) is 40.0 Å². The van der Waals surface area contributed by atoms with Crippen LogP contribution in [0.25, 0.3) is 0 Å². The van der Waals surface area contributed by atoms with Gasteiger partial charge in [0.15, 0.2) is 23.0 Å². The molecule has 0 bridgehead atoms. The van der Waals surface area contributed by atoms with Gasteiger partial charge in [0.1, 0.15) is 25.9 Å². The second-order valence-corrected chi connectivity index (χ2v) is 9.72. The number of ether oxygens (including phenoxy) is 4. The van der Waals surface area contributed by atoms with Crippen LogP contribution in [0.5, 0.6) is 23.0 Å². The molecule has 4 rings (SSSR count). The van der Waals surface area contributed by atoms with Gasteiger partial charge < -0.3 is 29.4 Å². The molecule has 12 heteroatoms. The normalized spacial score (nSPS) is 13.5. The Kier molecular flexibility index (Phi) is 9.07. The second kappa shape index (κ2) is 12.4. The minimum Gasteiger partial charge on any atom is -0.493 e. The van der Waals surface area contributed by atoms with Crippen LogP contribution in [0, 0.1) is 0 Å². The molecule has 0 aliphatic carbocycles. The highest BCUT2D eigenvalue weighted by molar-refractivity contribution is 9.10. The van der Waals surface area contributed by atoms with E-state index in [0.29, 0.717) is 48.3 Å². The van der Waals surface area contributed by atoms with Gasteiger partial charge in [-0.2, -0.15) is 0 Å². The van der Waals surface area contributed by atoms with E-state index in [1.165, 1.54) is 0 Å². The largest absolute Gasteiger partial charge is 0.493 e. The summed E-state index contributed by atoms with van der Waals surface area (Å²) in [7, 11) is 3.43. The summed E-state index contributed by atoms with van der Waals surface area (Å²) in [4.78, 5) is 0. The third-order valence-electron chi connectivity index (χ3n) is 5.27. The number of nitrogens with one attached hydrogen (secondary N) is 1. The first-order chi connectivity index (χ1) is 17.0. The zero-order valence-corrected chi connectivity index (χ0v) is 22.0. The van der Waals surface area contributed by atoms with E-state index in [-0.39, 0.29) is 6.61 Å². The molecular weight excluding hydrogens is 538 g/mol. The fourth-order valence-corrected chi connectivity index (χ4v) is 4.87. The minimum absolute atomic E-state index is 0.0604. The van der Waals surface area contributed by atoms with Crippen molar-refractivity contribution in [3.8, 4) is 23.0 Å². The fourth-order valence-electron chi connectivity index (χ4n) is 3.48. The van der Waals surface area contributed by atoms with Gasteiger partial charge in [-0.25, -0.2) is 4.68 Å². The van der Waals surface area contributed by atoms with E-state index in [9.17, 15) is 5.11 Å². The van der Waals surface area contributed by atoms with Crippen LogP contribution in [0.4, 0.5) is 0 Å². The number of fused-ring (bicyclic) bond motifs is 1. The molecule has 35 heavy (non-hydrogen) atoms. The number of hydrogen-bond acceptors (Lipinski definition) is 10. The number of aromatic nitrogens is 4. The van der Waals surface area contributed by atoms with E-state index >= 15 is 0 Å². The second-order valence-electron chi connectivity index (χ2n) is 7.80. The van der Waals surface area contributed by atoms with Gasteiger partial charge in [-0.3, -0.25) is 0 Å². The molecule has 2 heterocycles. The zero-order valence-electron chi connectivity index (χ0n) is 19.6. The summed E-state index contributed by atoms with van der Waals surface area (Å²) in [5, 5.41) is 26.3. The number of hydrogen-bond donors (Lipinski definition) is 2. The summed E-state index contributed by atoms with van der Waals surface area (Å²) in [5.41, 5.74) is 1.75. The van der Waals surface area contributed by atoms with Crippen LogP contribution < -0.4 is 24.3 Å². The Bertz CT molecular complexity index is 1130. The molecule has 0 fully saturated rings. The van der Waals surface area contributed by atoms with Crippen molar-refractivity contribution >= 4 is 27.7 Å². The molecule has 0 radical (unpaired) electrons. The molecule has 3 aromatic rings. The van der Waals surface area contributed by atoms with Crippen molar-refractivity contribution in [2.75, 3.05) is 39.2 Å². The monoisotopic (exact) mass is 565 g/mol. The Morgan fingerprint density at radius 1 is 1.23 bits per heavy atom. The van der Waals surface area contributed by atoms with Crippen molar-refractivity contribution in [1.82, 2.24) is 25.5 Å². The molecule has 0 saturated carbocycles. The average Bonchev–Trinajstić information content (AvgIpc) is 3.29. The highest BCUT2D eigenvalue weighted by atomic mass is 79.9. The Balaban J connectivity index is 1.27. The molecule has 0 spiro atoms. The maximum absolute atomic E-state index is 10.7. The first kappa shape index (κ1) is 25.5. The summed E-state index contributed by atoms with van der Waals surface area (Å²) in [6.45, 7) is 2.63. The van der Waals surface area contributed by atoms with Gasteiger partial charge in [0.25, 0.3) is 0 Å². The van der Waals surface area contributed by atoms with Gasteiger partial charge in [-0.05, 0) is 74.7 Å².